The molecule has 3 aliphatic rings. The van der Waals surface area contributed by atoms with Crippen molar-refractivity contribution >= 4 is 29.3 Å². The van der Waals surface area contributed by atoms with Gasteiger partial charge in [-0.3, -0.25) is 14.4 Å². The van der Waals surface area contributed by atoms with E-state index in [2.05, 4.69) is 11.5 Å². The number of ether oxygens (including phenoxy) is 1. The van der Waals surface area contributed by atoms with E-state index in [1.807, 2.05) is 27.7 Å². The maximum Gasteiger partial charge on any atom is 0.412 e. The van der Waals surface area contributed by atoms with Gasteiger partial charge in [-0.05, 0) is 48.9 Å². The minimum Gasteiger partial charge on any atom is -0.483 e. The number of nitrogens with two attached hydrogens (primary N) is 2. The Morgan fingerprint density at radius 2 is 1.69 bits per heavy atom. The van der Waals surface area contributed by atoms with Crippen molar-refractivity contribution in [2.75, 3.05) is 0 Å². The number of carbonyl (C=O) groups is 3. The molecule has 0 fully saturated rings. The molecule has 2 aliphatic heterocycles. The summed E-state index contributed by atoms with van der Waals surface area (Å²) < 4.78 is 54.9. The molecule has 2 unspecified atom stereocenters. The Balaban J connectivity index is 0.000000374. The highest BCUT2D eigenvalue weighted by Gasteiger charge is 2.40. The Hall–Kier alpha value is -4.37. The fraction of sp³-hybridized carbons (Fsp3) is 0.433. The summed E-state index contributed by atoms with van der Waals surface area (Å²) in [6.07, 6.45) is -3.60. The zero-order valence-corrected chi connectivity index (χ0v) is 25.4. The largest absolute Gasteiger partial charge is 0.483 e. The summed E-state index contributed by atoms with van der Waals surface area (Å²) in [6, 6.07) is 0.583. The summed E-state index contributed by atoms with van der Waals surface area (Å²) in [5.41, 5.74) is 14.4. The van der Waals surface area contributed by atoms with Crippen molar-refractivity contribution < 1.29 is 46.9 Å². The molecule has 2 aromatic heterocycles. The third-order valence-electron chi connectivity index (χ3n) is 7.20. The Morgan fingerprint density at radius 1 is 1.11 bits per heavy atom. The molecule has 1 aromatic carbocycles. The number of hydrogen-bond donors (Lipinski definition) is 4. The van der Waals surface area contributed by atoms with E-state index in [1.54, 1.807) is 17.6 Å². The second-order valence-electron chi connectivity index (χ2n) is 9.52. The number of cyclic esters (lactones) is 1. The van der Waals surface area contributed by atoms with E-state index in [4.69, 9.17) is 19.6 Å². The molecule has 0 spiro atoms. The molecule has 0 radical (unpaired) electrons. The molecule has 45 heavy (non-hydrogen) atoms. The average Bonchev–Trinajstić information content (AvgIpc) is 3.39. The number of aryl methyl sites for hydroxylation is 2. The zero-order chi connectivity index (χ0) is 34.4. The summed E-state index contributed by atoms with van der Waals surface area (Å²) in [6.45, 7) is 9.80. The highest BCUT2D eigenvalue weighted by Crippen LogP contribution is 2.42. The lowest BCUT2D eigenvalue weighted by Gasteiger charge is -2.22. The van der Waals surface area contributed by atoms with Crippen LogP contribution in [0.15, 0.2) is 16.9 Å². The minimum atomic E-state index is -4.72. The van der Waals surface area contributed by atoms with Gasteiger partial charge in [-0.1, -0.05) is 27.7 Å². The van der Waals surface area contributed by atoms with Crippen molar-refractivity contribution in [3.63, 3.8) is 0 Å². The number of primary amides is 1. The number of benzene rings is 1. The Labute approximate surface area is 255 Å². The van der Waals surface area contributed by atoms with E-state index in [-0.39, 0.29) is 30.0 Å². The third kappa shape index (κ3) is 7.14. The standard InChI is InChI=1S/C22H17FN2O4.C3H5F3N2O.2C2H6.CH2O2/c1-9-10-3-2-4-11-13-7-25-17(19(13)24-16(18(10)11)6-15(9)23)5-12-14(21(25)27)8-29-22(28)20(12)26;4-3(5,6)1(7)2(8)9;2*1-2;2-1-3/h5-6,20,26H,2-4,7-8H2,1H3;1H,7H2,(H2,8,9);2*1-2H3;1H,(H,2,3). The number of fused-ring (bicyclic) bond motifs is 5. The van der Waals surface area contributed by atoms with Crippen LogP contribution >= 0.6 is 0 Å². The van der Waals surface area contributed by atoms with E-state index in [9.17, 15) is 37.1 Å². The number of aliphatic hydroxyl groups is 1. The van der Waals surface area contributed by atoms with E-state index in [0.29, 0.717) is 34.6 Å². The van der Waals surface area contributed by atoms with Crippen molar-refractivity contribution in [3.05, 3.63) is 61.7 Å². The van der Waals surface area contributed by atoms with E-state index in [0.717, 1.165) is 41.3 Å². The van der Waals surface area contributed by atoms with Crippen LogP contribution in [0, 0.1) is 12.7 Å². The summed E-state index contributed by atoms with van der Waals surface area (Å²) in [7, 11) is 0. The van der Waals surface area contributed by atoms with Crippen molar-refractivity contribution in [1.29, 1.82) is 0 Å². The first-order chi connectivity index (χ1) is 21.2. The molecule has 1 amide bonds. The average molecular weight is 641 g/mol. The quantitative estimate of drug-likeness (QED) is 0.137. The fourth-order valence-corrected chi connectivity index (χ4v) is 5.22. The van der Waals surface area contributed by atoms with Crippen LogP contribution in [0.3, 0.4) is 0 Å². The second kappa shape index (κ2) is 15.1. The van der Waals surface area contributed by atoms with Crippen LogP contribution in [0.4, 0.5) is 17.6 Å². The molecule has 246 valence electrons. The zero-order valence-electron chi connectivity index (χ0n) is 25.4. The van der Waals surface area contributed by atoms with Gasteiger partial charge in [0, 0.05) is 22.6 Å². The third-order valence-corrected chi connectivity index (χ3v) is 7.20. The van der Waals surface area contributed by atoms with Crippen LogP contribution in [0.1, 0.15) is 73.6 Å². The van der Waals surface area contributed by atoms with Crippen LogP contribution < -0.4 is 17.0 Å². The molecule has 0 bridgehead atoms. The summed E-state index contributed by atoms with van der Waals surface area (Å²) >= 11 is 0. The van der Waals surface area contributed by atoms with E-state index < -0.39 is 30.2 Å². The van der Waals surface area contributed by atoms with Crippen LogP contribution in [0.2, 0.25) is 0 Å². The van der Waals surface area contributed by atoms with Crippen LogP contribution in [0.25, 0.3) is 22.3 Å². The predicted molar refractivity (Wildman–Crippen MR) is 157 cm³/mol. The second-order valence-corrected chi connectivity index (χ2v) is 9.52. The fourth-order valence-electron chi connectivity index (χ4n) is 5.22. The van der Waals surface area contributed by atoms with Gasteiger partial charge in [-0.25, -0.2) is 14.2 Å². The molecule has 3 aromatic rings. The number of esters is 1. The molecular weight excluding hydrogens is 604 g/mol. The lowest BCUT2D eigenvalue weighted by molar-refractivity contribution is -0.161. The van der Waals surface area contributed by atoms with Gasteiger partial charge in [-0.15, -0.1) is 0 Å². The summed E-state index contributed by atoms with van der Waals surface area (Å²) in [4.78, 5) is 47.7. The van der Waals surface area contributed by atoms with E-state index in [1.165, 1.54) is 6.07 Å². The van der Waals surface area contributed by atoms with Gasteiger partial charge >= 0.3 is 12.1 Å². The minimum absolute atomic E-state index is 0.141. The Bertz CT molecular complexity index is 1650. The topological polar surface area (TPSA) is 188 Å². The number of rotatable bonds is 1. The first-order valence-corrected chi connectivity index (χ1v) is 14.2. The van der Waals surface area contributed by atoms with Gasteiger partial charge in [0.25, 0.3) is 12.0 Å². The number of hydrogen-bond acceptors (Lipinski definition) is 8. The number of pyridine rings is 2. The van der Waals surface area contributed by atoms with Gasteiger partial charge in [0.1, 0.15) is 12.4 Å². The van der Waals surface area contributed by atoms with Crippen LogP contribution in [-0.4, -0.2) is 50.3 Å². The molecule has 0 saturated heterocycles. The molecule has 15 heteroatoms. The van der Waals surface area contributed by atoms with Crippen molar-refractivity contribution in [1.82, 2.24) is 9.55 Å². The first-order valence-electron chi connectivity index (χ1n) is 14.2. The molecular formula is C30H36F4N4O7. The number of carbonyl (C=O) groups excluding carboxylic acids is 2. The van der Waals surface area contributed by atoms with Gasteiger partial charge in [0.15, 0.2) is 12.1 Å². The molecule has 1 aliphatic carbocycles. The molecule has 0 saturated carbocycles. The Kier molecular flexibility index (Phi) is 12.3. The van der Waals surface area contributed by atoms with Crippen molar-refractivity contribution in [2.45, 2.75) is 85.4 Å². The number of aromatic nitrogens is 2. The molecule has 11 nitrogen and oxygen atoms in total. The number of nitrogens with zero attached hydrogens (tertiary/aromatic N) is 2. The molecule has 6 N–H and O–H groups in total. The molecule has 6 rings (SSSR count). The van der Waals surface area contributed by atoms with Gasteiger partial charge in [-0.2, -0.15) is 13.2 Å². The number of alkyl halides is 3. The van der Waals surface area contributed by atoms with Crippen molar-refractivity contribution in [3.8, 4) is 11.4 Å². The monoisotopic (exact) mass is 640 g/mol. The van der Waals surface area contributed by atoms with E-state index >= 15 is 0 Å². The van der Waals surface area contributed by atoms with Crippen LogP contribution in [-0.2, 0) is 45.1 Å². The number of amides is 1. The lowest BCUT2D eigenvalue weighted by atomic mass is 9.85. The summed E-state index contributed by atoms with van der Waals surface area (Å²) in [5.74, 6) is -2.60. The highest BCUT2D eigenvalue weighted by atomic mass is 19.4. The lowest BCUT2D eigenvalue weighted by Crippen LogP contribution is -2.47. The maximum atomic E-state index is 14.5. The SMILES string of the molecule is CC.CC.Cc1c(F)cc2nc3c(c4c2c1CCC4)Cn1c-3cc2c(c1=O)COC(=O)C2O.NC(=O)C(N)C(F)(F)F.O=CO. The van der Waals surface area contributed by atoms with Crippen molar-refractivity contribution in [2.24, 2.45) is 11.5 Å². The maximum absolute atomic E-state index is 14.5. The highest BCUT2D eigenvalue weighted by molar-refractivity contribution is 5.92. The summed E-state index contributed by atoms with van der Waals surface area (Å²) in [5, 5.41) is 18.1. The van der Waals surface area contributed by atoms with Gasteiger partial charge in [0.05, 0.1) is 29.0 Å². The van der Waals surface area contributed by atoms with Gasteiger partial charge < -0.3 is 31.0 Å². The predicted octanol–water partition coefficient (Wildman–Crippen LogP) is 3.57. The van der Waals surface area contributed by atoms with Crippen LogP contribution in [0.5, 0.6) is 0 Å². The molecule has 4 heterocycles. The number of aliphatic hydroxyl groups excluding tert-OH is 1. The van der Waals surface area contributed by atoms with Gasteiger partial charge in [0.2, 0.25) is 5.91 Å². The normalized spacial score (nSPS) is 15.8. The number of carboxylic acid groups (broad SMARTS) is 1. The first kappa shape index (κ1) is 36.8. The number of halogens is 4. The molecule has 2 atom stereocenters. The Morgan fingerprint density at radius 3 is 2.22 bits per heavy atom. The smallest absolute Gasteiger partial charge is 0.412 e.